The molecule has 1 saturated heterocycles. The molecule has 2 rings (SSSR count). The molecule has 1 aromatic carbocycles. The van der Waals surface area contributed by atoms with Gasteiger partial charge in [-0.15, -0.1) is 0 Å². The lowest BCUT2D eigenvalue weighted by Gasteiger charge is -2.33. The number of benzene rings is 1. The van der Waals surface area contributed by atoms with Gasteiger partial charge in [0.05, 0.1) is 6.26 Å². The zero-order chi connectivity index (χ0) is 15.5. The number of halogens is 1. The van der Waals surface area contributed by atoms with E-state index in [1.165, 1.54) is 34.8 Å². The highest BCUT2D eigenvalue weighted by Crippen LogP contribution is 2.09. The fourth-order valence-electron chi connectivity index (χ4n) is 2.32. The Bertz CT molecular complexity index is 593. The van der Waals surface area contributed by atoms with Crippen LogP contribution in [0.15, 0.2) is 24.3 Å². The monoisotopic (exact) mass is 314 g/mol. The van der Waals surface area contributed by atoms with Gasteiger partial charge in [-0.25, -0.2) is 12.8 Å². The molecule has 0 spiro atoms. The maximum absolute atomic E-state index is 12.8. The lowest BCUT2D eigenvalue weighted by atomic mass is 10.1. The van der Waals surface area contributed by atoms with Gasteiger partial charge in [0.2, 0.25) is 10.0 Å². The van der Waals surface area contributed by atoms with Crippen LogP contribution in [0.4, 0.5) is 4.39 Å². The Hall–Kier alpha value is -1.31. The van der Waals surface area contributed by atoms with E-state index < -0.39 is 10.0 Å². The molecule has 0 saturated carbocycles. The second kappa shape index (κ2) is 6.64. The Labute approximate surface area is 124 Å². The summed E-state index contributed by atoms with van der Waals surface area (Å²) in [6, 6.07) is 5.52. The van der Waals surface area contributed by atoms with Gasteiger partial charge in [-0.05, 0) is 24.3 Å². The number of Topliss-reactive ketones (excluding diaryl/α,β-unsaturated/α-hetero) is 1. The second-order valence-electron chi connectivity index (χ2n) is 5.18. The highest BCUT2D eigenvalue weighted by molar-refractivity contribution is 7.88. The molecule has 0 amide bonds. The number of sulfonamides is 1. The highest BCUT2D eigenvalue weighted by atomic mass is 32.2. The van der Waals surface area contributed by atoms with Gasteiger partial charge in [0.15, 0.2) is 5.78 Å². The third-order valence-electron chi connectivity index (χ3n) is 3.62. The van der Waals surface area contributed by atoms with Crippen LogP contribution in [0.1, 0.15) is 16.8 Å². The molecular weight excluding hydrogens is 295 g/mol. The maximum Gasteiger partial charge on any atom is 0.211 e. The number of carbonyl (C=O) groups excluding carboxylic acids is 1. The molecule has 0 aromatic heterocycles. The van der Waals surface area contributed by atoms with Crippen molar-refractivity contribution in [2.75, 3.05) is 39.0 Å². The Kier molecular flexibility index (Phi) is 5.08. The first kappa shape index (κ1) is 16.1. The lowest BCUT2D eigenvalue weighted by molar-refractivity contribution is 0.0952. The van der Waals surface area contributed by atoms with Crippen molar-refractivity contribution in [3.63, 3.8) is 0 Å². The highest BCUT2D eigenvalue weighted by Gasteiger charge is 2.23. The molecule has 0 aliphatic carbocycles. The predicted octanol–water partition coefficient (Wildman–Crippen LogP) is 0.976. The summed E-state index contributed by atoms with van der Waals surface area (Å²) in [5.74, 6) is -0.385. The largest absolute Gasteiger partial charge is 0.300 e. The summed E-state index contributed by atoms with van der Waals surface area (Å²) in [4.78, 5) is 14.0. The van der Waals surface area contributed by atoms with Crippen molar-refractivity contribution in [2.45, 2.75) is 6.42 Å². The van der Waals surface area contributed by atoms with E-state index in [0.717, 1.165) is 0 Å². The van der Waals surface area contributed by atoms with Crippen LogP contribution in [-0.2, 0) is 10.0 Å². The van der Waals surface area contributed by atoms with Crippen LogP contribution < -0.4 is 0 Å². The van der Waals surface area contributed by atoms with Crippen molar-refractivity contribution in [1.82, 2.24) is 9.21 Å². The molecule has 1 heterocycles. The summed E-state index contributed by atoms with van der Waals surface area (Å²) in [6.07, 6.45) is 1.56. The normalized spacial score (nSPS) is 17.8. The fourth-order valence-corrected chi connectivity index (χ4v) is 3.15. The van der Waals surface area contributed by atoms with E-state index in [-0.39, 0.29) is 11.6 Å². The van der Waals surface area contributed by atoms with Crippen molar-refractivity contribution in [3.8, 4) is 0 Å². The minimum Gasteiger partial charge on any atom is -0.300 e. The second-order valence-corrected chi connectivity index (χ2v) is 7.17. The number of piperazine rings is 1. The molecule has 5 nitrogen and oxygen atoms in total. The lowest BCUT2D eigenvalue weighted by Crippen LogP contribution is -2.48. The quantitative estimate of drug-likeness (QED) is 0.760. The minimum atomic E-state index is -3.12. The minimum absolute atomic E-state index is 0.0273. The Morgan fingerprint density at radius 3 is 2.24 bits per heavy atom. The van der Waals surface area contributed by atoms with E-state index >= 15 is 0 Å². The first-order valence-electron chi connectivity index (χ1n) is 6.82. The van der Waals surface area contributed by atoms with Crippen LogP contribution in [0.3, 0.4) is 0 Å². The molecule has 0 unspecified atom stereocenters. The average molecular weight is 314 g/mol. The number of nitrogens with zero attached hydrogens (tertiary/aromatic N) is 2. The van der Waals surface area contributed by atoms with Crippen LogP contribution in [0.25, 0.3) is 0 Å². The summed E-state index contributed by atoms with van der Waals surface area (Å²) < 4.78 is 37.0. The number of ketones is 1. The number of hydrogen-bond acceptors (Lipinski definition) is 4. The molecule has 1 fully saturated rings. The van der Waals surface area contributed by atoms with E-state index in [1.807, 2.05) is 0 Å². The molecule has 7 heteroatoms. The number of hydrogen-bond donors (Lipinski definition) is 0. The predicted molar refractivity (Wildman–Crippen MR) is 78.2 cm³/mol. The molecule has 0 atom stereocenters. The van der Waals surface area contributed by atoms with Gasteiger partial charge in [-0.1, -0.05) is 0 Å². The zero-order valence-electron chi connectivity index (χ0n) is 12.0. The summed E-state index contributed by atoms with van der Waals surface area (Å²) in [7, 11) is -3.12. The van der Waals surface area contributed by atoms with E-state index in [4.69, 9.17) is 0 Å². The van der Waals surface area contributed by atoms with Crippen molar-refractivity contribution in [2.24, 2.45) is 0 Å². The van der Waals surface area contributed by atoms with Gasteiger partial charge in [0.25, 0.3) is 0 Å². The summed E-state index contributed by atoms with van der Waals surface area (Å²) in [6.45, 7) is 2.77. The Morgan fingerprint density at radius 2 is 1.71 bits per heavy atom. The van der Waals surface area contributed by atoms with E-state index in [9.17, 15) is 17.6 Å². The van der Waals surface area contributed by atoms with Gasteiger partial charge in [-0.3, -0.25) is 4.79 Å². The van der Waals surface area contributed by atoms with Crippen LogP contribution in [0, 0.1) is 5.82 Å². The molecule has 1 aliphatic heterocycles. The number of rotatable bonds is 5. The first-order chi connectivity index (χ1) is 9.86. The standard InChI is InChI=1S/C14H19FN2O3S/c1-21(19,20)17-10-8-16(9-11-17)7-6-14(18)12-2-4-13(15)5-3-12/h2-5H,6-11H2,1H3. The SMILES string of the molecule is CS(=O)(=O)N1CCN(CCC(=O)c2ccc(F)cc2)CC1. The fraction of sp³-hybridized carbons (Fsp3) is 0.500. The van der Waals surface area contributed by atoms with Crippen LogP contribution in [0.5, 0.6) is 0 Å². The van der Waals surface area contributed by atoms with Gasteiger partial charge in [0, 0.05) is 44.7 Å². The first-order valence-corrected chi connectivity index (χ1v) is 8.67. The zero-order valence-corrected chi connectivity index (χ0v) is 12.8. The molecule has 116 valence electrons. The Balaban J connectivity index is 1.79. The van der Waals surface area contributed by atoms with Crippen LogP contribution >= 0.6 is 0 Å². The average Bonchev–Trinajstić information content (AvgIpc) is 2.45. The van der Waals surface area contributed by atoms with Gasteiger partial charge < -0.3 is 4.90 Å². The van der Waals surface area contributed by atoms with Crippen LogP contribution in [-0.4, -0.2) is 62.4 Å². The third-order valence-corrected chi connectivity index (χ3v) is 4.92. The summed E-state index contributed by atoms with van der Waals surface area (Å²) in [5.41, 5.74) is 0.506. The maximum atomic E-state index is 12.8. The molecule has 0 radical (unpaired) electrons. The van der Waals surface area contributed by atoms with Crippen molar-refractivity contribution in [3.05, 3.63) is 35.6 Å². The summed E-state index contributed by atoms with van der Waals surface area (Å²) in [5, 5.41) is 0. The summed E-state index contributed by atoms with van der Waals surface area (Å²) >= 11 is 0. The van der Waals surface area contributed by atoms with Crippen LogP contribution in [0.2, 0.25) is 0 Å². The smallest absolute Gasteiger partial charge is 0.211 e. The topological polar surface area (TPSA) is 57.7 Å². The molecule has 0 bridgehead atoms. The molecule has 1 aromatic rings. The van der Waals surface area contributed by atoms with Gasteiger partial charge in [-0.2, -0.15) is 4.31 Å². The van der Waals surface area contributed by atoms with E-state index in [2.05, 4.69) is 4.90 Å². The van der Waals surface area contributed by atoms with Gasteiger partial charge >= 0.3 is 0 Å². The van der Waals surface area contributed by atoms with E-state index in [1.54, 1.807) is 0 Å². The molecule has 1 aliphatic rings. The van der Waals surface area contributed by atoms with E-state index in [0.29, 0.717) is 44.7 Å². The van der Waals surface area contributed by atoms with Crippen molar-refractivity contribution < 1.29 is 17.6 Å². The Morgan fingerprint density at radius 1 is 1.14 bits per heavy atom. The number of carbonyl (C=O) groups is 1. The van der Waals surface area contributed by atoms with Gasteiger partial charge in [0.1, 0.15) is 5.82 Å². The molecule has 21 heavy (non-hydrogen) atoms. The molecular formula is C14H19FN2O3S. The molecule has 0 N–H and O–H groups in total. The van der Waals surface area contributed by atoms with Crippen molar-refractivity contribution in [1.29, 1.82) is 0 Å². The van der Waals surface area contributed by atoms with Crippen molar-refractivity contribution >= 4 is 15.8 Å². The third kappa shape index (κ3) is 4.59.